The fourth-order valence-electron chi connectivity index (χ4n) is 6.02. The van der Waals surface area contributed by atoms with Crippen LogP contribution in [0.25, 0.3) is 0 Å². The lowest BCUT2D eigenvalue weighted by atomic mass is 9.68. The summed E-state index contributed by atoms with van der Waals surface area (Å²) in [6, 6.07) is 2.64. The molecule has 5 aliphatic rings. The molecule has 1 heterocycles. The first-order chi connectivity index (χ1) is 7.33. The molecule has 4 saturated carbocycles. The van der Waals surface area contributed by atoms with Crippen LogP contribution in [0.4, 0.5) is 0 Å². The fraction of sp³-hybridized carbons (Fsp3) is 0.917. The highest BCUT2D eigenvalue weighted by atomic mass is 127. The topological polar surface area (TPSA) is 33.0 Å². The van der Waals surface area contributed by atoms with Crippen molar-refractivity contribution in [2.75, 3.05) is 0 Å². The van der Waals surface area contributed by atoms with E-state index < -0.39 is 0 Å². The molecule has 5 fully saturated rings. The molecule has 0 unspecified atom stereocenters. The van der Waals surface area contributed by atoms with Gasteiger partial charge in [0, 0.05) is 9.84 Å². The molecule has 78 valence electrons. The Morgan fingerprint density at radius 2 is 2.00 bits per heavy atom. The molecule has 15 heavy (non-hydrogen) atoms. The first-order valence-electron chi connectivity index (χ1n) is 6.02. The van der Waals surface area contributed by atoms with Crippen LogP contribution in [0.5, 0.6) is 0 Å². The van der Waals surface area contributed by atoms with Crippen LogP contribution in [-0.2, 0) is 4.74 Å². The van der Waals surface area contributed by atoms with Gasteiger partial charge in [0.1, 0.15) is 0 Å². The van der Waals surface area contributed by atoms with Gasteiger partial charge in [-0.25, -0.2) is 0 Å². The number of fused-ring (bicyclic) bond motifs is 1. The van der Waals surface area contributed by atoms with E-state index in [0.717, 1.165) is 33.5 Å². The highest BCUT2D eigenvalue weighted by molar-refractivity contribution is 14.1. The SMILES string of the molecule is N#C[C@@H]1[C@@H]2[C@@H](I)[C@H]3[C@H]4C[C@@H]5O[C@H]3[C@H]2[C@H]5[C@@H]14. The summed E-state index contributed by atoms with van der Waals surface area (Å²) in [6.45, 7) is 0. The molecule has 1 aliphatic heterocycles. The van der Waals surface area contributed by atoms with E-state index >= 15 is 0 Å². The molecule has 0 spiro atoms. The molecule has 3 heteroatoms. The summed E-state index contributed by atoms with van der Waals surface area (Å²) < 4.78 is 6.92. The van der Waals surface area contributed by atoms with E-state index in [9.17, 15) is 5.26 Å². The minimum absolute atomic E-state index is 0.377. The fourth-order valence-corrected chi connectivity index (χ4v) is 7.89. The molecule has 0 N–H and O–H groups in total. The van der Waals surface area contributed by atoms with Crippen molar-refractivity contribution in [1.29, 1.82) is 5.26 Å². The third kappa shape index (κ3) is 0.621. The Bertz CT molecular complexity index is 403. The van der Waals surface area contributed by atoms with Gasteiger partial charge in [-0.05, 0) is 36.0 Å². The zero-order valence-corrected chi connectivity index (χ0v) is 10.4. The molecule has 0 amide bonds. The molecule has 2 nitrogen and oxygen atoms in total. The third-order valence-corrected chi connectivity index (χ3v) is 7.72. The van der Waals surface area contributed by atoms with Crippen molar-refractivity contribution in [3.05, 3.63) is 0 Å². The van der Waals surface area contributed by atoms with Crippen LogP contribution in [0, 0.1) is 52.8 Å². The van der Waals surface area contributed by atoms with Crippen LogP contribution in [-0.4, -0.2) is 16.1 Å². The van der Waals surface area contributed by atoms with Crippen LogP contribution < -0.4 is 0 Å². The Morgan fingerprint density at radius 1 is 1.13 bits per heavy atom. The molecule has 10 atom stereocenters. The first kappa shape index (κ1) is 8.30. The monoisotopic (exact) mass is 313 g/mol. The van der Waals surface area contributed by atoms with Crippen LogP contribution in [0.1, 0.15) is 6.42 Å². The van der Waals surface area contributed by atoms with Crippen LogP contribution >= 0.6 is 22.6 Å². The Kier molecular flexibility index (Phi) is 1.24. The highest BCUT2D eigenvalue weighted by Gasteiger charge is 2.79. The van der Waals surface area contributed by atoms with Crippen molar-refractivity contribution < 1.29 is 4.74 Å². The van der Waals surface area contributed by atoms with E-state index in [1.165, 1.54) is 6.42 Å². The molecular formula is C12H12INO. The van der Waals surface area contributed by atoms with Crippen molar-refractivity contribution in [1.82, 2.24) is 0 Å². The summed E-state index contributed by atoms with van der Waals surface area (Å²) in [4.78, 5) is 0. The maximum absolute atomic E-state index is 9.40. The van der Waals surface area contributed by atoms with Gasteiger partial charge in [-0.3, -0.25) is 0 Å². The minimum atomic E-state index is 0.377. The van der Waals surface area contributed by atoms with E-state index in [0.29, 0.717) is 24.0 Å². The summed E-state index contributed by atoms with van der Waals surface area (Å²) in [5.41, 5.74) is 0. The first-order valence-corrected chi connectivity index (χ1v) is 7.26. The van der Waals surface area contributed by atoms with Gasteiger partial charge in [-0.1, -0.05) is 22.6 Å². The number of hydrogen-bond donors (Lipinski definition) is 0. The number of nitriles is 1. The van der Waals surface area contributed by atoms with E-state index in [4.69, 9.17) is 4.74 Å². The quantitative estimate of drug-likeness (QED) is 0.505. The van der Waals surface area contributed by atoms with Crippen LogP contribution in [0.3, 0.4) is 0 Å². The molecule has 0 aromatic carbocycles. The van der Waals surface area contributed by atoms with Crippen molar-refractivity contribution >= 4 is 22.6 Å². The third-order valence-electron chi connectivity index (χ3n) is 6.06. The zero-order valence-electron chi connectivity index (χ0n) is 8.21. The highest BCUT2D eigenvalue weighted by Crippen LogP contribution is 2.76. The molecule has 0 radical (unpaired) electrons. The summed E-state index contributed by atoms with van der Waals surface area (Å²) in [7, 11) is 0. The average Bonchev–Trinajstić information content (AvgIpc) is 2.83. The van der Waals surface area contributed by atoms with Gasteiger partial charge in [0.2, 0.25) is 0 Å². The number of rotatable bonds is 0. The standard InChI is InChI=1S/C12H12INO/c13-11-7-4(2-14)6-3-1-5-9(6)10(7)12(15-5)8(3)11/h3-12H,1H2/t3-,4-,5-,6+,7-,8+,9+,10+,11+,12+/m0/s1. The smallest absolute Gasteiger partial charge is 0.0662 e. The van der Waals surface area contributed by atoms with Crippen molar-refractivity contribution in [2.24, 2.45) is 41.4 Å². The molecular weight excluding hydrogens is 301 g/mol. The Labute approximate surface area is 102 Å². The molecule has 0 aromatic rings. The van der Waals surface area contributed by atoms with E-state index in [1.807, 2.05) is 0 Å². The lowest BCUT2D eigenvalue weighted by Gasteiger charge is -2.41. The van der Waals surface area contributed by atoms with Gasteiger partial charge in [-0.2, -0.15) is 5.26 Å². The van der Waals surface area contributed by atoms with E-state index in [1.54, 1.807) is 0 Å². The predicted molar refractivity (Wildman–Crippen MR) is 61.1 cm³/mol. The largest absolute Gasteiger partial charge is 0.374 e. The van der Waals surface area contributed by atoms with Crippen LogP contribution in [0.2, 0.25) is 0 Å². The van der Waals surface area contributed by atoms with Gasteiger partial charge in [0.15, 0.2) is 0 Å². The number of hydrogen-bond acceptors (Lipinski definition) is 2. The van der Waals surface area contributed by atoms with Crippen molar-refractivity contribution in [3.63, 3.8) is 0 Å². The second kappa shape index (κ2) is 2.24. The molecule has 1 saturated heterocycles. The second-order valence-corrected chi connectivity index (χ2v) is 7.46. The second-order valence-electron chi connectivity index (χ2n) is 6.02. The van der Waals surface area contributed by atoms with Gasteiger partial charge < -0.3 is 4.74 Å². The number of alkyl halides is 1. The lowest BCUT2D eigenvalue weighted by Crippen LogP contribution is -2.43. The number of nitrogens with zero attached hydrogens (tertiary/aromatic N) is 1. The summed E-state index contributed by atoms with van der Waals surface area (Å²) in [5, 5.41) is 9.40. The Balaban J connectivity index is 1.78. The molecule has 0 aromatic heterocycles. The van der Waals surface area contributed by atoms with Gasteiger partial charge in [-0.15, -0.1) is 0 Å². The van der Waals surface area contributed by atoms with Crippen LogP contribution in [0.15, 0.2) is 0 Å². The summed E-state index contributed by atoms with van der Waals surface area (Å²) in [6.07, 6.45) is 2.38. The van der Waals surface area contributed by atoms with Gasteiger partial charge >= 0.3 is 0 Å². The zero-order chi connectivity index (χ0) is 9.89. The average molecular weight is 313 g/mol. The molecule has 4 aliphatic carbocycles. The Morgan fingerprint density at radius 3 is 2.80 bits per heavy atom. The molecule has 6 bridgehead atoms. The number of halogens is 1. The summed E-state index contributed by atoms with van der Waals surface area (Å²) in [5.74, 6) is 5.00. The van der Waals surface area contributed by atoms with Crippen molar-refractivity contribution in [2.45, 2.75) is 22.6 Å². The van der Waals surface area contributed by atoms with Crippen molar-refractivity contribution in [3.8, 4) is 6.07 Å². The Hall–Kier alpha value is 0.180. The maximum atomic E-state index is 9.40. The normalized spacial score (nSPS) is 75.7. The van der Waals surface area contributed by atoms with Gasteiger partial charge in [0.05, 0.1) is 24.2 Å². The number of ether oxygens (including phenoxy) is 1. The van der Waals surface area contributed by atoms with E-state index in [2.05, 4.69) is 28.7 Å². The van der Waals surface area contributed by atoms with Gasteiger partial charge in [0.25, 0.3) is 0 Å². The minimum Gasteiger partial charge on any atom is -0.374 e. The van der Waals surface area contributed by atoms with E-state index in [-0.39, 0.29) is 0 Å². The maximum Gasteiger partial charge on any atom is 0.0662 e. The summed E-state index contributed by atoms with van der Waals surface area (Å²) >= 11 is 2.62. The predicted octanol–water partition coefficient (Wildman–Crippen LogP) is 1.84. The molecule has 5 rings (SSSR count). The lowest BCUT2D eigenvalue weighted by molar-refractivity contribution is -0.0446.